The first kappa shape index (κ1) is 19.4. The van der Waals surface area contributed by atoms with E-state index in [0.29, 0.717) is 0 Å². The lowest BCUT2D eigenvalue weighted by Crippen LogP contribution is -2.50. The van der Waals surface area contributed by atoms with Crippen LogP contribution in [0.3, 0.4) is 0 Å². The van der Waals surface area contributed by atoms with E-state index in [0.717, 1.165) is 16.7 Å². The number of rotatable bonds is 7. The van der Waals surface area contributed by atoms with Crippen molar-refractivity contribution in [2.75, 3.05) is 0 Å². The van der Waals surface area contributed by atoms with Gasteiger partial charge < -0.3 is 10.4 Å². The molecule has 28 heavy (non-hydrogen) atoms. The Labute approximate surface area is 164 Å². The van der Waals surface area contributed by atoms with Crippen molar-refractivity contribution in [1.29, 1.82) is 0 Å². The molecule has 0 heterocycles. The predicted molar refractivity (Wildman–Crippen MR) is 109 cm³/mol. The normalized spacial score (nSPS) is 12.2. The van der Waals surface area contributed by atoms with Crippen LogP contribution in [0, 0.1) is 0 Å². The molecule has 1 atom stereocenters. The fourth-order valence-corrected chi connectivity index (χ4v) is 3.32. The Morgan fingerprint density at radius 3 is 1.68 bits per heavy atom. The van der Waals surface area contributed by atoms with Gasteiger partial charge in [0.15, 0.2) is 0 Å². The number of amides is 1. The van der Waals surface area contributed by atoms with E-state index in [1.54, 1.807) is 0 Å². The van der Waals surface area contributed by atoms with Crippen molar-refractivity contribution < 1.29 is 14.7 Å². The predicted octanol–water partition coefficient (Wildman–Crippen LogP) is 3.80. The summed E-state index contributed by atoms with van der Waals surface area (Å²) in [5, 5.41) is 12.4. The molecule has 0 saturated carbocycles. The Balaban J connectivity index is 1.94. The summed E-state index contributed by atoms with van der Waals surface area (Å²) in [6.45, 7) is 1.83. The van der Waals surface area contributed by atoms with Gasteiger partial charge in [-0.05, 0) is 23.6 Å². The molecule has 0 unspecified atom stereocenters. The average Bonchev–Trinajstić information content (AvgIpc) is 2.74. The van der Waals surface area contributed by atoms with Crippen LogP contribution in [0.15, 0.2) is 91.0 Å². The monoisotopic (exact) mass is 373 g/mol. The minimum atomic E-state index is -1.05. The third-order valence-corrected chi connectivity index (χ3v) is 5.04. The maximum absolute atomic E-state index is 13.4. The Morgan fingerprint density at radius 2 is 1.25 bits per heavy atom. The second-order valence-corrected chi connectivity index (χ2v) is 6.91. The van der Waals surface area contributed by atoms with Crippen LogP contribution in [-0.4, -0.2) is 23.0 Å². The highest BCUT2D eigenvalue weighted by atomic mass is 16.4. The summed E-state index contributed by atoms with van der Waals surface area (Å²) >= 11 is 0. The Kier molecular flexibility index (Phi) is 5.90. The number of carbonyl (C=O) groups excluding carboxylic acids is 1. The molecule has 0 aliphatic heterocycles. The molecule has 0 aliphatic carbocycles. The number of benzene rings is 3. The van der Waals surface area contributed by atoms with Crippen LogP contribution in [0.4, 0.5) is 0 Å². The Bertz CT molecular complexity index is 884. The highest BCUT2D eigenvalue weighted by Crippen LogP contribution is 2.32. The van der Waals surface area contributed by atoms with Gasteiger partial charge in [-0.2, -0.15) is 0 Å². The third kappa shape index (κ3) is 4.12. The Hall–Kier alpha value is -3.40. The van der Waals surface area contributed by atoms with Gasteiger partial charge in [0.2, 0.25) is 5.91 Å². The van der Waals surface area contributed by atoms with E-state index in [9.17, 15) is 14.7 Å². The van der Waals surface area contributed by atoms with Crippen LogP contribution < -0.4 is 5.32 Å². The molecule has 3 rings (SSSR count). The molecule has 0 radical (unpaired) electrons. The minimum absolute atomic E-state index is 0.224. The molecule has 0 saturated heterocycles. The highest BCUT2D eigenvalue weighted by Gasteiger charge is 2.38. The molecule has 1 amide bonds. The Morgan fingerprint density at radius 1 is 0.821 bits per heavy atom. The van der Waals surface area contributed by atoms with Gasteiger partial charge in [-0.3, -0.25) is 4.79 Å². The lowest BCUT2D eigenvalue weighted by atomic mass is 9.75. The molecule has 0 fully saturated rings. The summed E-state index contributed by atoms with van der Waals surface area (Å²) in [5.41, 5.74) is 1.47. The van der Waals surface area contributed by atoms with E-state index < -0.39 is 17.4 Å². The van der Waals surface area contributed by atoms with Crippen molar-refractivity contribution in [3.8, 4) is 0 Å². The molecule has 3 aromatic rings. The van der Waals surface area contributed by atoms with Crippen LogP contribution >= 0.6 is 0 Å². The van der Waals surface area contributed by atoms with E-state index in [4.69, 9.17) is 0 Å². The number of carbonyl (C=O) groups is 2. The summed E-state index contributed by atoms with van der Waals surface area (Å²) in [4.78, 5) is 25.2. The summed E-state index contributed by atoms with van der Waals surface area (Å²) in [7, 11) is 0. The summed E-state index contributed by atoms with van der Waals surface area (Å²) in [5.74, 6) is -1.39. The van der Waals surface area contributed by atoms with E-state index in [1.807, 2.05) is 97.9 Å². The largest absolute Gasteiger partial charge is 0.480 e. The van der Waals surface area contributed by atoms with Crippen molar-refractivity contribution in [3.05, 3.63) is 108 Å². The van der Waals surface area contributed by atoms with Gasteiger partial charge >= 0.3 is 5.97 Å². The average molecular weight is 373 g/mol. The molecule has 142 valence electrons. The maximum atomic E-state index is 13.4. The van der Waals surface area contributed by atoms with Gasteiger partial charge in [0.05, 0.1) is 5.41 Å². The molecule has 0 aromatic heterocycles. The molecule has 0 bridgehead atoms. The fraction of sp³-hybridized carbons (Fsp3) is 0.167. The van der Waals surface area contributed by atoms with Gasteiger partial charge in [0, 0.05) is 6.42 Å². The van der Waals surface area contributed by atoms with Crippen molar-refractivity contribution in [3.63, 3.8) is 0 Å². The molecular weight excluding hydrogens is 350 g/mol. The fourth-order valence-electron chi connectivity index (χ4n) is 3.32. The number of hydrogen-bond donors (Lipinski definition) is 2. The van der Waals surface area contributed by atoms with Gasteiger partial charge in [-0.15, -0.1) is 0 Å². The van der Waals surface area contributed by atoms with Crippen LogP contribution in [0.5, 0.6) is 0 Å². The molecular formula is C24H23NO3. The lowest BCUT2D eigenvalue weighted by Gasteiger charge is -2.31. The number of carboxylic acid groups (broad SMARTS) is 1. The van der Waals surface area contributed by atoms with Crippen molar-refractivity contribution >= 4 is 11.9 Å². The van der Waals surface area contributed by atoms with E-state index >= 15 is 0 Å². The zero-order valence-corrected chi connectivity index (χ0v) is 15.7. The summed E-state index contributed by atoms with van der Waals surface area (Å²) < 4.78 is 0. The molecule has 0 spiro atoms. The molecule has 4 heteroatoms. The van der Waals surface area contributed by atoms with E-state index in [1.165, 1.54) is 0 Å². The maximum Gasteiger partial charge on any atom is 0.326 e. The van der Waals surface area contributed by atoms with E-state index in [-0.39, 0.29) is 12.3 Å². The van der Waals surface area contributed by atoms with Gasteiger partial charge in [0.1, 0.15) is 6.04 Å². The smallest absolute Gasteiger partial charge is 0.326 e. The number of nitrogens with one attached hydrogen (secondary N) is 1. The van der Waals surface area contributed by atoms with Crippen LogP contribution in [0.2, 0.25) is 0 Å². The molecule has 0 aliphatic rings. The first-order valence-electron chi connectivity index (χ1n) is 9.20. The zero-order chi connectivity index (χ0) is 20.0. The van der Waals surface area contributed by atoms with Crippen molar-refractivity contribution in [2.24, 2.45) is 0 Å². The summed E-state index contributed by atoms with van der Waals surface area (Å²) in [6, 6.07) is 27.1. The first-order chi connectivity index (χ1) is 13.5. The highest BCUT2D eigenvalue weighted by molar-refractivity contribution is 5.94. The second kappa shape index (κ2) is 8.53. The standard InChI is InChI=1S/C24H23NO3/c1-24(19-13-7-3-8-14-19,20-15-9-4-10-16-20)23(28)25-21(22(26)27)17-18-11-5-2-6-12-18/h2-16,21H,17H2,1H3,(H,25,28)(H,26,27)/t21-/m1/s1. The second-order valence-electron chi connectivity index (χ2n) is 6.91. The minimum Gasteiger partial charge on any atom is -0.480 e. The quantitative estimate of drug-likeness (QED) is 0.662. The van der Waals surface area contributed by atoms with Gasteiger partial charge in [-0.25, -0.2) is 4.79 Å². The molecule has 3 aromatic carbocycles. The van der Waals surface area contributed by atoms with Gasteiger partial charge in [0.25, 0.3) is 0 Å². The topological polar surface area (TPSA) is 66.4 Å². The van der Waals surface area contributed by atoms with Crippen molar-refractivity contribution in [1.82, 2.24) is 5.32 Å². The van der Waals surface area contributed by atoms with Crippen LogP contribution in [0.1, 0.15) is 23.6 Å². The summed E-state index contributed by atoms with van der Waals surface area (Å²) in [6.07, 6.45) is 0.224. The number of aliphatic carboxylic acids is 1. The van der Waals surface area contributed by atoms with Gasteiger partial charge in [-0.1, -0.05) is 91.0 Å². The molecule has 2 N–H and O–H groups in total. The number of hydrogen-bond acceptors (Lipinski definition) is 2. The first-order valence-corrected chi connectivity index (χ1v) is 9.20. The van der Waals surface area contributed by atoms with E-state index in [2.05, 4.69) is 5.32 Å². The van der Waals surface area contributed by atoms with Crippen LogP contribution in [0.25, 0.3) is 0 Å². The lowest BCUT2D eigenvalue weighted by molar-refractivity contribution is -0.142. The van der Waals surface area contributed by atoms with Crippen LogP contribution in [-0.2, 0) is 21.4 Å². The zero-order valence-electron chi connectivity index (χ0n) is 15.7. The SMILES string of the molecule is CC(C(=O)N[C@H](Cc1ccccc1)C(=O)O)(c1ccccc1)c1ccccc1. The third-order valence-electron chi connectivity index (χ3n) is 5.04. The number of carboxylic acids is 1. The molecule has 4 nitrogen and oxygen atoms in total. The van der Waals surface area contributed by atoms with Crippen molar-refractivity contribution in [2.45, 2.75) is 24.8 Å².